The first-order valence-electron chi connectivity index (χ1n) is 9.06. The number of nitrogens with zero attached hydrogens (tertiary/aromatic N) is 1. The summed E-state index contributed by atoms with van der Waals surface area (Å²) in [6.07, 6.45) is 0.448. The molecule has 1 N–H and O–H groups in total. The molecule has 1 unspecified atom stereocenters. The molecule has 148 valence electrons. The number of fused-ring (bicyclic) bond motifs is 1. The number of anilines is 2. The number of benzene rings is 2. The van der Waals surface area contributed by atoms with Crippen LogP contribution in [0.3, 0.4) is 0 Å². The quantitative estimate of drug-likeness (QED) is 0.764. The third-order valence-corrected chi connectivity index (χ3v) is 4.87. The molecule has 1 aliphatic rings. The molecule has 7 heteroatoms. The summed E-state index contributed by atoms with van der Waals surface area (Å²) in [6, 6.07) is 12.7. The smallest absolute Gasteiger partial charge is 0.419 e. The molecule has 3 rings (SSSR count). The van der Waals surface area contributed by atoms with Gasteiger partial charge >= 0.3 is 12.1 Å². The second-order valence-corrected chi connectivity index (χ2v) is 6.54. The number of ether oxygens (including phenoxy) is 3. The molecule has 0 aromatic heterocycles. The molecule has 1 aliphatic heterocycles. The zero-order valence-corrected chi connectivity index (χ0v) is 16.2. The van der Waals surface area contributed by atoms with Crippen molar-refractivity contribution in [3.63, 3.8) is 0 Å². The van der Waals surface area contributed by atoms with Crippen LogP contribution in [0, 0.1) is 0 Å². The highest BCUT2D eigenvalue weighted by atomic mass is 16.6. The molecule has 2 aromatic carbocycles. The molecule has 7 nitrogen and oxygen atoms in total. The number of esters is 1. The van der Waals surface area contributed by atoms with Crippen molar-refractivity contribution < 1.29 is 23.8 Å². The summed E-state index contributed by atoms with van der Waals surface area (Å²) in [5, 5.41) is 3.31. The number of carbonyl (C=O) groups is 2. The highest BCUT2D eigenvalue weighted by Gasteiger charge is 2.28. The van der Waals surface area contributed by atoms with Gasteiger partial charge in [0.15, 0.2) is 0 Å². The van der Waals surface area contributed by atoms with Crippen LogP contribution in [0.1, 0.15) is 24.3 Å². The number of rotatable bonds is 6. The molecule has 1 heterocycles. The predicted molar refractivity (Wildman–Crippen MR) is 106 cm³/mol. The average Bonchev–Trinajstić information content (AvgIpc) is 3.15. The minimum Gasteiger partial charge on any atom is -0.497 e. The van der Waals surface area contributed by atoms with E-state index in [0.29, 0.717) is 36.6 Å². The first-order chi connectivity index (χ1) is 13.5. The average molecular weight is 384 g/mol. The number of carbonyl (C=O) groups excluding carboxylic acids is 2. The topological polar surface area (TPSA) is 77.1 Å². The monoisotopic (exact) mass is 384 g/mol. The van der Waals surface area contributed by atoms with Gasteiger partial charge in [-0.15, -0.1) is 0 Å². The Morgan fingerprint density at radius 2 is 1.89 bits per heavy atom. The van der Waals surface area contributed by atoms with E-state index >= 15 is 0 Å². The van der Waals surface area contributed by atoms with E-state index in [1.165, 1.54) is 12.0 Å². The Hall–Kier alpha value is -3.22. The van der Waals surface area contributed by atoms with E-state index in [4.69, 9.17) is 14.2 Å². The Kier molecular flexibility index (Phi) is 6.03. The van der Waals surface area contributed by atoms with Crippen molar-refractivity contribution in [3.8, 4) is 11.5 Å². The first-order valence-corrected chi connectivity index (χ1v) is 9.06. The molecule has 2 aromatic rings. The summed E-state index contributed by atoms with van der Waals surface area (Å²) in [7, 11) is 4.62. The van der Waals surface area contributed by atoms with Gasteiger partial charge in [-0.1, -0.05) is 6.07 Å². The van der Waals surface area contributed by atoms with Gasteiger partial charge in [0, 0.05) is 42.9 Å². The normalized spacial score (nSPS) is 14.6. The van der Waals surface area contributed by atoms with Crippen LogP contribution in [0.15, 0.2) is 42.5 Å². The Morgan fingerprint density at radius 3 is 2.57 bits per heavy atom. The zero-order chi connectivity index (χ0) is 20.1. The Labute approximate surface area is 164 Å². The lowest BCUT2D eigenvalue weighted by atomic mass is 9.95. The van der Waals surface area contributed by atoms with E-state index < -0.39 is 6.09 Å². The number of hydrogen-bond acceptors (Lipinski definition) is 6. The summed E-state index contributed by atoms with van der Waals surface area (Å²) in [5.74, 6) is 1.04. The minimum atomic E-state index is -0.489. The van der Waals surface area contributed by atoms with Gasteiger partial charge in [0.1, 0.15) is 11.5 Å². The molecule has 0 saturated heterocycles. The molecule has 0 bridgehead atoms. The fourth-order valence-electron chi connectivity index (χ4n) is 3.26. The molecule has 1 amide bonds. The summed E-state index contributed by atoms with van der Waals surface area (Å²) in [4.78, 5) is 25.6. The summed E-state index contributed by atoms with van der Waals surface area (Å²) >= 11 is 0. The summed E-state index contributed by atoms with van der Waals surface area (Å²) in [6.45, 7) is 0.690. The van der Waals surface area contributed by atoms with Crippen molar-refractivity contribution in [2.24, 2.45) is 0 Å². The highest BCUT2D eigenvalue weighted by molar-refractivity contribution is 5.89. The summed E-state index contributed by atoms with van der Waals surface area (Å²) < 4.78 is 15.6. The van der Waals surface area contributed by atoms with Gasteiger partial charge in [0.05, 0.1) is 14.2 Å². The molecule has 0 fully saturated rings. The standard InChI is InChI=1S/C21H24N2O5/c1-23(15-8-10-16(26-2)11-9-15)21(25)28-18-6-4-5-17-20(18)14(13-22-17)7-12-19(24)27-3/h4-6,8-11,14,22H,7,12-13H2,1-3H3. The second kappa shape index (κ2) is 8.65. The van der Waals surface area contributed by atoms with E-state index in [0.717, 1.165) is 11.3 Å². The molecular weight excluding hydrogens is 360 g/mol. The van der Waals surface area contributed by atoms with Gasteiger partial charge in [0.2, 0.25) is 0 Å². The molecular formula is C21H24N2O5. The van der Waals surface area contributed by atoms with Crippen LogP contribution in [-0.2, 0) is 9.53 Å². The Balaban J connectivity index is 1.74. The van der Waals surface area contributed by atoms with E-state index in [2.05, 4.69) is 5.32 Å². The lowest BCUT2D eigenvalue weighted by molar-refractivity contribution is -0.140. The largest absolute Gasteiger partial charge is 0.497 e. The van der Waals surface area contributed by atoms with Gasteiger partial charge in [-0.05, 0) is 42.8 Å². The number of nitrogens with one attached hydrogen (secondary N) is 1. The van der Waals surface area contributed by atoms with Crippen LogP contribution >= 0.6 is 0 Å². The van der Waals surface area contributed by atoms with Crippen LogP contribution in [0.5, 0.6) is 11.5 Å². The van der Waals surface area contributed by atoms with Crippen LogP contribution < -0.4 is 19.7 Å². The molecule has 0 radical (unpaired) electrons. The summed E-state index contributed by atoms with van der Waals surface area (Å²) in [5.41, 5.74) is 2.54. The van der Waals surface area contributed by atoms with Crippen LogP contribution in [-0.4, -0.2) is 39.9 Å². The Morgan fingerprint density at radius 1 is 1.14 bits per heavy atom. The van der Waals surface area contributed by atoms with Crippen LogP contribution in [0.25, 0.3) is 0 Å². The lowest BCUT2D eigenvalue weighted by Gasteiger charge is -2.19. The van der Waals surface area contributed by atoms with Crippen molar-refractivity contribution in [3.05, 3.63) is 48.0 Å². The van der Waals surface area contributed by atoms with Crippen LogP contribution in [0.4, 0.5) is 16.2 Å². The SMILES string of the molecule is COC(=O)CCC1CNc2cccc(OC(=O)N(C)c3ccc(OC)cc3)c21. The number of amides is 1. The first kappa shape index (κ1) is 19.5. The van der Waals surface area contributed by atoms with E-state index in [-0.39, 0.29) is 11.9 Å². The van der Waals surface area contributed by atoms with Gasteiger partial charge in [-0.3, -0.25) is 9.69 Å². The molecule has 0 aliphatic carbocycles. The third kappa shape index (κ3) is 4.19. The van der Waals surface area contributed by atoms with Crippen LogP contribution in [0.2, 0.25) is 0 Å². The predicted octanol–water partition coefficient (Wildman–Crippen LogP) is 3.79. The fraction of sp³-hybridized carbons (Fsp3) is 0.333. The van der Waals surface area contributed by atoms with E-state index in [1.807, 2.05) is 12.1 Å². The molecule has 0 spiro atoms. The fourth-order valence-corrected chi connectivity index (χ4v) is 3.26. The molecule has 28 heavy (non-hydrogen) atoms. The van der Waals surface area contributed by atoms with E-state index in [9.17, 15) is 9.59 Å². The maximum Gasteiger partial charge on any atom is 0.419 e. The van der Waals surface area contributed by atoms with Gasteiger partial charge in [0.25, 0.3) is 0 Å². The maximum atomic E-state index is 12.7. The molecule has 0 saturated carbocycles. The van der Waals surface area contributed by atoms with Crippen molar-refractivity contribution in [1.29, 1.82) is 0 Å². The Bertz CT molecular complexity index is 850. The molecule has 1 atom stereocenters. The van der Waals surface area contributed by atoms with E-state index in [1.54, 1.807) is 44.5 Å². The number of methoxy groups -OCH3 is 2. The van der Waals surface area contributed by atoms with Gasteiger partial charge in [-0.25, -0.2) is 4.79 Å². The lowest BCUT2D eigenvalue weighted by Crippen LogP contribution is -2.29. The van der Waals surface area contributed by atoms with Gasteiger partial charge < -0.3 is 19.5 Å². The van der Waals surface area contributed by atoms with Gasteiger partial charge in [-0.2, -0.15) is 0 Å². The second-order valence-electron chi connectivity index (χ2n) is 6.54. The maximum absolute atomic E-state index is 12.7. The highest BCUT2D eigenvalue weighted by Crippen LogP contribution is 2.41. The minimum absolute atomic E-state index is 0.0735. The zero-order valence-electron chi connectivity index (χ0n) is 16.2. The van der Waals surface area contributed by atoms with Crippen molar-refractivity contribution >= 4 is 23.4 Å². The van der Waals surface area contributed by atoms with Crippen molar-refractivity contribution in [1.82, 2.24) is 0 Å². The number of hydrogen-bond donors (Lipinski definition) is 1. The third-order valence-electron chi connectivity index (χ3n) is 4.87. The van der Waals surface area contributed by atoms with Crippen molar-refractivity contribution in [2.75, 3.05) is 38.0 Å². The van der Waals surface area contributed by atoms with Crippen molar-refractivity contribution in [2.45, 2.75) is 18.8 Å².